The highest BCUT2D eigenvalue weighted by Gasteiger charge is 2.16. The van der Waals surface area contributed by atoms with Crippen LogP contribution in [0.4, 0.5) is 5.69 Å². The average molecular weight is 334 g/mol. The maximum Gasteiger partial charge on any atom is 0.264 e. The molecule has 120 valence electrons. The number of aryl methyl sites for hydroxylation is 2. The Hall–Kier alpha value is -2.60. The molecule has 0 spiro atoms. The van der Waals surface area contributed by atoms with Crippen molar-refractivity contribution in [3.63, 3.8) is 0 Å². The first-order chi connectivity index (χ1) is 10.8. The monoisotopic (exact) mass is 333 g/mol. The Morgan fingerprint density at radius 2 is 1.83 bits per heavy atom. The van der Waals surface area contributed by atoms with Crippen LogP contribution in [0.5, 0.6) is 0 Å². The molecule has 0 saturated heterocycles. The Balaban J connectivity index is 2.27. The molecule has 2 amide bonds. The van der Waals surface area contributed by atoms with Gasteiger partial charge in [0.25, 0.3) is 11.5 Å². The molecule has 0 saturated carbocycles. The van der Waals surface area contributed by atoms with Crippen LogP contribution in [0.1, 0.15) is 21.6 Å². The highest BCUT2D eigenvalue weighted by molar-refractivity contribution is 6.30. The Morgan fingerprint density at radius 1 is 1.22 bits per heavy atom. The number of hydrogen-bond acceptors (Lipinski definition) is 3. The van der Waals surface area contributed by atoms with Gasteiger partial charge in [-0.15, -0.1) is 0 Å². The van der Waals surface area contributed by atoms with Crippen molar-refractivity contribution in [1.82, 2.24) is 4.57 Å². The molecule has 1 aromatic heterocycles. The smallest absolute Gasteiger partial charge is 0.264 e. The van der Waals surface area contributed by atoms with Gasteiger partial charge in [-0.3, -0.25) is 14.4 Å². The summed E-state index contributed by atoms with van der Waals surface area (Å²) in [5, 5.41) is 3.22. The summed E-state index contributed by atoms with van der Waals surface area (Å²) in [6.45, 7) is 3.11. The largest absolute Gasteiger partial charge is 0.365 e. The van der Waals surface area contributed by atoms with E-state index in [0.29, 0.717) is 22.0 Å². The van der Waals surface area contributed by atoms with Crippen molar-refractivity contribution in [3.05, 3.63) is 62.5 Å². The number of anilines is 1. The predicted molar refractivity (Wildman–Crippen MR) is 88.8 cm³/mol. The van der Waals surface area contributed by atoms with Gasteiger partial charge < -0.3 is 15.6 Å². The second-order valence-electron chi connectivity index (χ2n) is 5.15. The molecule has 6 nitrogen and oxygen atoms in total. The summed E-state index contributed by atoms with van der Waals surface area (Å²) in [7, 11) is 0. The normalized spacial score (nSPS) is 10.4. The van der Waals surface area contributed by atoms with Crippen molar-refractivity contribution >= 4 is 29.1 Å². The van der Waals surface area contributed by atoms with Crippen molar-refractivity contribution in [2.24, 2.45) is 5.73 Å². The van der Waals surface area contributed by atoms with Crippen LogP contribution >= 0.6 is 11.6 Å². The quantitative estimate of drug-likeness (QED) is 0.894. The maximum absolute atomic E-state index is 12.3. The van der Waals surface area contributed by atoms with Gasteiger partial charge in [-0.05, 0) is 49.7 Å². The number of hydrogen-bond donors (Lipinski definition) is 2. The summed E-state index contributed by atoms with van der Waals surface area (Å²) in [5.41, 5.74) is 6.20. The van der Waals surface area contributed by atoms with Gasteiger partial charge in [-0.25, -0.2) is 0 Å². The van der Waals surface area contributed by atoms with Gasteiger partial charge in [0.05, 0.1) is 0 Å². The van der Waals surface area contributed by atoms with Crippen molar-refractivity contribution in [3.8, 4) is 0 Å². The number of nitrogens with two attached hydrogens (primary N) is 1. The molecule has 23 heavy (non-hydrogen) atoms. The van der Waals surface area contributed by atoms with Crippen molar-refractivity contribution in [2.75, 3.05) is 5.32 Å². The summed E-state index contributed by atoms with van der Waals surface area (Å²) in [4.78, 5) is 35.9. The standard InChI is InChI=1S/C16H16ClN3O3/c1-9-7-10(2)20(16(23)14(9)15(18)22)8-13(21)19-12-5-3-11(17)4-6-12/h3-7H,8H2,1-2H3,(H2,18,22)(H,19,21). The minimum Gasteiger partial charge on any atom is -0.365 e. The van der Waals surface area contributed by atoms with Gasteiger partial charge in [0.15, 0.2) is 0 Å². The van der Waals surface area contributed by atoms with Crippen LogP contribution in [0.3, 0.4) is 0 Å². The van der Waals surface area contributed by atoms with Crippen LogP contribution in [-0.4, -0.2) is 16.4 Å². The maximum atomic E-state index is 12.3. The van der Waals surface area contributed by atoms with E-state index >= 15 is 0 Å². The highest BCUT2D eigenvalue weighted by atomic mass is 35.5. The lowest BCUT2D eigenvalue weighted by molar-refractivity contribution is -0.116. The van der Waals surface area contributed by atoms with Crippen LogP contribution in [0, 0.1) is 13.8 Å². The number of aromatic nitrogens is 1. The zero-order valence-electron chi connectivity index (χ0n) is 12.7. The molecule has 0 unspecified atom stereocenters. The fourth-order valence-corrected chi connectivity index (χ4v) is 2.43. The molecule has 0 radical (unpaired) electrons. The van der Waals surface area contributed by atoms with Crippen molar-refractivity contribution in [1.29, 1.82) is 0 Å². The molecule has 7 heteroatoms. The summed E-state index contributed by atoms with van der Waals surface area (Å²) in [5.74, 6) is -1.20. The number of pyridine rings is 1. The lowest BCUT2D eigenvalue weighted by Crippen LogP contribution is -2.35. The molecular weight excluding hydrogens is 318 g/mol. The van der Waals surface area contributed by atoms with Crippen LogP contribution in [0.2, 0.25) is 5.02 Å². The second kappa shape index (κ2) is 6.66. The number of nitrogens with zero attached hydrogens (tertiary/aromatic N) is 1. The fourth-order valence-electron chi connectivity index (χ4n) is 2.30. The SMILES string of the molecule is Cc1cc(C)n(CC(=O)Nc2ccc(Cl)cc2)c(=O)c1C(N)=O. The van der Waals surface area contributed by atoms with E-state index < -0.39 is 17.4 Å². The van der Waals surface area contributed by atoms with Crippen molar-refractivity contribution in [2.45, 2.75) is 20.4 Å². The predicted octanol–water partition coefficient (Wildman–Crippen LogP) is 1.86. The number of amides is 2. The average Bonchev–Trinajstić information content (AvgIpc) is 2.45. The van der Waals surface area contributed by atoms with Gasteiger partial charge in [0, 0.05) is 16.4 Å². The first kappa shape index (κ1) is 16.8. The van der Waals surface area contributed by atoms with Gasteiger partial charge in [0.1, 0.15) is 12.1 Å². The van der Waals surface area contributed by atoms with Gasteiger partial charge >= 0.3 is 0 Å². The fraction of sp³-hybridized carbons (Fsp3) is 0.188. The third-order valence-electron chi connectivity index (χ3n) is 3.38. The lowest BCUT2D eigenvalue weighted by atomic mass is 10.1. The Morgan fingerprint density at radius 3 is 2.39 bits per heavy atom. The minimum absolute atomic E-state index is 0.102. The van der Waals surface area contributed by atoms with Crippen molar-refractivity contribution < 1.29 is 9.59 Å². The minimum atomic E-state index is -0.806. The Bertz CT molecular complexity index is 826. The molecule has 3 N–H and O–H groups in total. The number of carbonyl (C=O) groups excluding carboxylic acids is 2. The van der Waals surface area contributed by atoms with Crippen LogP contribution in [-0.2, 0) is 11.3 Å². The molecule has 0 aliphatic carbocycles. The molecule has 1 heterocycles. The third kappa shape index (κ3) is 3.78. The Labute approximate surface area is 137 Å². The Kier molecular flexibility index (Phi) is 4.86. The first-order valence-corrected chi connectivity index (χ1v) is 7.23. The van der Waals surface area contributed by atoms with E-state index in [2.05, 4.69) is 5.32 Å². The number of nitrogens with one attached hydrogen (secondary N) is 1. The zero-order chi connectivity index (χ0) is 17.1. The summed E-state index contributed by atoms with van der Waals surface area (Å²) < 4.78 is 1.22. The summed E-state index contributed by atoms with van der Waals surface area (Å²) >= 11 is 5.78. The molecule has 1 aromatic carbocycles. The van der Waals surface area contributed by atoms with E-state index in [1.807, 2.05) is 0 Å². The molecule has 0 atom stereocenters. The molecule has 0 bridgehead atoms. The van der Waals surface area contributed by atoms with Gasteiger partial charge in [-0.1, -0.05) is 11.6 Å². The molecular formula is C16H16ClN3O3. The first-order valence-electron chi connectivity index (χ1n) is 6.86. The molecule has 0 aliphatic rings. The number of halogens is 1. The van der Waals surface area contributed by atoms with E-state index in [4.69, 9.17) is 17.3 Å². The third-order valence-corrected chi connectivity index (χ3v) is 3.63. The van der Waals surface area contributed by atoms with Crippen LogP contribution < -0.4 is 16.6 Å². The molecule has 2 aromatic rings. The van der Waals surface area contributed by atoms with E-state index in [1.165, 1.54) is 4.57 Å². The van der Waals surface area contributed by atoms with E-state index in [9.17, 15) is 14.4 Å². The number of carbonyl (C=O) groups is 2. The van der Waals surface area contributed by atoms with E-state index in [-0.39, 0.29) is 12.1 Å². The summed E-state index contributed by atoms with van der Waals surface area (Å²) in [6, 6.07) is 8.24. The topological polar surface area (TPSA) is 94.2 Å². The number of primary amides is 1. The lowest BCUT2D eigenvalue weighted by Gasteiger charge is -2.13. The molecule has 0 aliphatic heterocycles. The second-order valence-corrected chi connectivity index (χ2v) is 5.59. The van der Waals surface area contributed by atoms with Crippen LogP contribution in [0.15, 0.2) is 35.1 Å². The summed E-state index contributed by atoms with van der Waals surface area (Å²) in [6.07, 6.45) is 0. The number of benzene rings is 1. The van der Waals surface area contributed by atoms with Crippen LogP contribution in [0.25, 0.3) is 0 Å². The molecule has 2 rings (SSSR count). The van der Waals surface area contributed by atoms with E-state index in [1.54, 1.807) is 44.2 Å². The highest BCUT2D eigenvalue weighted by Crippen LogP contribution is 2.13. The zero-order valence-corrected chi connectivity index (χ0v) is 13.5. The number of rotatable bonds is 4. The van der Waals surface area contributed by atoms with Gasteiger partial charge in [0.2, 0.25) is 5.91 Å². The van der Waals surface area contributed by atoms with E-state index in [0.717, 1.165) is 0 Å². The van der Waals surface area contributed by atoms with Gasteiger partial charge in [-0.2, -0.15) is 0 Å². The molecule has 0 fully saturated rings.